The lowest BCUT2D eigenvalue weighted by Crippen LogP contribution is -2.42. The Morgan fingerprint density at radius 3 is 2.79 bits per heavy atom. The van der Waals surface area contributed by atoms with E-state index >= 15 is 0 Å². The lowest BCUT2D eigenvalue weighted by molar-refractivity contribution is -0.684. The van der Waals surface area contributed by atoms with Crippen LogP contribution < -0.4 is 4.57 Å². The number of H-pyrrole nitrogens is 1. The SMILES string of the molecule is CC1(C)[C@@H]2CC[C@@]1(C)[C@H](OC(=O)C[n+]1cc[nH]c1)C2. The predicted octanol–water partition coefficient (Wildman–Crippen LogP) is 2.06. The average molecular weight is 263 g/mol. The van der Waals surface area contributed by atoms with Gasteiger partial charge in [0, 0.05) is 5.41 Å². The van der Waals surface area contributed by atoms with E-state index in [1.54, 1.807) is 12.5 Å². The van der Waals surface area contributed by atoms with Crippen LogP contribution in [-0.2, 0) is 16.1 Å². The number of esters is 1. The zero-order chi connectivity index (χ0) is 13.7. The van der Waals surface area contributed by atoms with Crippen molar-refractivity contribution in [3.05, 3.63) is 18.7 Å². The molecule has 0 aliphatic heterocycles. The van der Waals surface area contributed by atoms with E-state index < -0.39 is 0 Å². The minimum atomic E-state index is -0.126. The molecule has 0 saturated heterocycles. The lowest BCUT2D eigenvalue weighted by Gasteiger charge is -2.38. The van der Waals surface area contributed by atoms with E-state index in [0.29, 0.717) is 17.9 Å². The fourth-order valence-corrected chi connectivity index (χ4v) is 4.07. The van der Waals surface area contributed by atoms with Gasteiger partial charge < -0.3 is 4.74 Å². The molecule has 1 heterocycles. The minimum absolute atomic E-state index is 0.0910. The number of rotatable bonds is 3. The highest BCUT2D eigenvalue weighted by Crippen LogP contribution is 2.66. The summed E-state index contributed by atoms with van der Waals surface area (Å²) in [5.41, 5.74) is 0.440. The summed E-state index contributed by atoms with van der Waals surface area (Å²) in [4.78, 5) is 15.0. The Balaban J connectivity index is 1.67. The van der Waals surface area contributed by atoms with Crippen molar-refractivity contribution < 1.29 is 14.1 Å². The van der Waals surface area contributed by atoms with Crippen LogP contribution >= 0.6 is 0 Å². The summed E-state index contributed by atoms with van der Waals surface area (Å²) in [7, 11) is 0. The number of nitrogens with zero attached hydrogens (tertiary/aromatic N) is 1. The number of fused-ring (bicyclic) bond motifs is 2. The molecule has 2 saturated carbocycles. The minimum Gasteiger partial charge on any atom is -0.459 e. The molecule has 0 aromatic carbocycles. The lowest BCUT2D eigenvalue weighted by atomic mass is 9.70. The third-order valence-electron chi connectivity index (χ3n) is 5.90. The van der Waals surface area contributed by atoms with E-state index in [2.05, 4.69) is 25.8 Å². The molecule has 0 spiro atoms. The van der Waals surface area contributed by atoms with E-state index in [0.717, 1.165) is 6.42 Å². The molecule has 0 radical (unpaired) electrons. The molecule has 4 nitrogen and oxygen atoms in total. The van der Waals surface area contributed by atoms with Crippen molar-refractivity contribution >= 4 is 5.97 Å². The summed E-state index contributed by atoms with van der Waals surface area (Å²) in [6.07, 6.45) is 9.00. The molecule has 19 heavy (non-hydrogen) atoms. The molecule has 104 valence electrons. The van der Waals surface area contributed by atoms with Gasteiger partial charge in [0.2, 0.25) is 6.33 Å². The molecule has 0 unspecified atom stereocenters. The molecule has 0 amide bonds. The van der Waals surface area contributed by atoms with Crippen LogP contribution in [0.15, 0.2) is 18.7 Å². The second kappa shape index (κ2) is 4.09. The Morgan fingerprint density at radius 2 is 2.26 bits per heavy atom. The standard InChI is InChI=1S/C15H22N2O2/c1-14(2)11-4-5-15(14,3)12(8-11)19-13(18)9-17-7-6-16-10-17/h6-7,10-12H,4-5,8-9H2,1-3H3/p+1/t11-,12-,15+/m1/s1. The number of nitrogens with one attached hydrogen (secondary N) is 1. The fraction of sp³-hybridized carbons (Fsp3) is 0.733. The van der Waals surface area contributed by atoms with Crippen molar-refractivity contribution in [2.45, 2.75) is 52.7 Å². The first kappa shape index (κ1) is 12.7. The van der Waals surface area contributed by atoms with Gasteiger partial charge in [-0.3, -0.25) is 4.98 Å². The molecule has 3 rings (SSSR count). The van der Waals surface area contributed by atoms with Crippen LogP contribution in [0.4, 0.5) is 0 Å². The average Bonchev–Trinajstić information content (AvgIpc) is 2.95. The second-order valence-corrected chi connectivity index (χ2v) is 6.87. The molecule has 2 fully saturated rings. The summed E-state index contributed by atoms with van der Waals surface area (Å²) < 4.78 is 7.59. The predicted molar refractivity (Wildman–Crippen MR) is 70.1 cm³/mol. The topological polar surface area (TPSA) is 46.0 Å². The van der Waals surface area contributed by atoms with Crippen LogP contribution in [0.1, 0.15) is 40.0 Å². The highest BCUT2D eigenvalue weighted by Gasteiger charge is 2.62. The Bertz CT molecular complexity index is 480. The first-order chi connectivity index (χ1) is 8.93. The molecular formula is C15H23N2O2+. The number of aromatic nitrogens is 2. The number of hydrogen-bond donors (Lipinski definition) is 1. The Kier molecular flexibility index (Phi) is 2.73. The zero-order valence-electron chi connectivity index (χ0n) is 12.0. The van der Waals surface area contributed by atoms with Gasteiger partial charge >= 0.3 is 5.97 Å². The van der Waals surface area contributed by atoms with Crippen molar-refractivity contribution in [3.63, 3.8) is 0 Å². The summed E-state index contributed by atoms with van der Waals surface area (Å²) in [6, 6.07) is 0. The highest BCUT2D eigenvalue weighted by molar-refractivity contribution is 5.68. The maximum Gasteiger partial charge on any atom is 0.348 e. The van der Waals surface area contributed by atoms with Crippen LogP contribution in [0.3, 0.4) is 0 Å². The van der Waals surface area contributed by atoms with Crippen molar-refractivity contribution in [1.29, 1.82) is 0 Å². The number of carbonyl (C=O) groups is 1. The maximum atomic E-state index is 12.0. The van der Waals surface area contributed by atoms with Gasteiger partial charge in [-0.05, 0) is 30.6 Å². The van der Waals surface area contributed by atoms with Crippen molar-refractivity contribution in [2.24, 2.45) is 16.7 Å². The molecule has 2 aliphatic carbocycles. The van der Waals surface area contributed by atoms with E-state index in [9.17, 15) is 4.79 Å². The fourth-order valence-electron chi connectivity index (χ4n) is 4.07. The van der Waals surface area contributed by atoms with Crippen LogP contribution in [-0.4, -0.2) is 17.1 Å². The van der Waals surface area contributed by atoms with Gasteiger partial charge in [0.1, 0.15) is 18.5 Å². The van der Waals surface area contributed by atoms with Gasteiger partial charge in [-0.1, -0.05) is 20.8 Å². The highest BCUT2D eigenvalue weighted by atomic mass is 16.5. The van der Waals surface area contributed by atoms with Crippen molar-refractivity contribution in [3.8, 4) is 0 Å². The zero-order valence-corrected chi connectivity index (χ0v) is 12.0. The van der Waals surface area contributed by atoms with E-state index in [1.807, 2.05) is 10.8 Å². The number of aromatic amines is 1. The van der Waals surface area contributed by atoms with Crippen LogP contribution in [0, 0.1) is 16.7 Å². The molecule has 1 N–H and O–H groups in total. The van der Waals surface area contributed by atoms with Gasteiger partial charge in [0.15, 0.2) is 6.54 Å². The quantitative estimate of drug-likeness (QED) is 0.670. The largest absolute Gasteiger partial charge is 0.459 e. The number of ether oxygens (including phenoxy) is 1. The monoisotopic (exact) mass is 263 g/mol. The number of carbonyl (C=O) groups excluding carboxylic acids is 1. The summed E-state index contributed by atoms with van der Waals surface area (Å²) >= 11 is 0. The van der Waals surface area contributed by atoms with Crippen LogP contribution in [0.2, 0.25) is 0 Å². The number of imidazole rings is 1. The van der Waals surface area contributed by atoms with E-state index in [1.165, 1.54) is 12.8 Å². The first-order valence-corrected chi connectivity index (χ1v) is 7.15. The molecule has 1 aromatic rings. The van der Waals surface area contributed by atoms with Crippen molar-refractivity contribution in [1.82, 2.24) is 4.98 Å². The summed E-state index contributed by atoms with van der Waals surface area (Å²) in [6.45, 7) is 7.25. The van der Waals surface area contributed by atoms with Gasteiger partial charge in [0.25, 0.3) is 0 Å². The number of hydrogen-bond acceptors (Lipinski definition) is 2. The van der Waals surface area contributed by atoms with Crippen LogP contribution in [0.5, 0.6) is 0 Å². The van der Waals surface area contributed by atoms with E-state index in [-0.39, 0.29) is 17.5 Å². The van der Waals surface area contributed by atoms with Crippen LogP contribution in [0.25, 0.3) is 0 Å². The third kappa shape index (κ3) is 1.80. The Hall–Kier alpha value is -1.32. The molecule has 1 aromatic heterocycles. The van der Waals surface area contributed by atoms with Gasteiger partial charge in [0.05, 0.1) is 0 Å². The molecule has 3 atom stereocenters. The molecule has 4 heteroatoms. The first-order valence-electron chi connectivity index (χ1n) is 7.15. The van der Waals surface area contributed by atoms with Crippen molar-refractivity contribution in [2.75, 3.05) is 0 Å². The molecule has 2 aliphatic rings. The summed E-state index contributed by atoms with van der Waals surface area (Å²) in [5.74, 6) is 0.578. The van der Waals surface area contributed by atoms with E-state index in [4.69, 9.17) is 4.74 Å². The normalized spacial score (nSPS) is 35.5. The maximum absolute atomic E-state index is 12.0. The summed E-state index contributed by atoms with van der Waals surface area (Å²) in [5, 5.41) is 0. The smallest absolute Gasteiger partial charge is 0.348 e. The molecular weight excluding hydrogens is 240 g/mol. The third-order valence-corrected chi connectivity index (χ3v) is 5.90. The Morgan fingerprint density at radius 1 is 1.47 bits per heavy atom. The van der Waals surface area contributed by atoms with Gasteiger partial charge in [-0.25, -0.2) is 9.36 Å². The van der Waals surface area contributed by atoms with Gasteiger partial charge in [-0.15, -0.1) is 0 Å². The van der Waals surface area contributed by atoms with Gasteiger partial charge in [-0.2, -0.15) is 0 Å². The Labute approximate surface area is 114 Å². The molecule has 2 bridgehead atoms. The second-order valence-electron chi connectivity index (χ2n) is 6.87.